The summed E-state index contributed by atoms with van der Waals surface area (Å²) in [6, 6.07) is 6.64. The number of benzene rings is 1. The zero-order chi connectivity index (χ0) is 16.4. The van der Waals surface area contributed by atoms with Crippen LogP contribution in [0.15, 0.2) is 18.2 Å². The van der Waals surface area contributed by atoms with Crippen LogP contribution in [0.25, 0.3) is 0 Å². The van der Waals surface area contributed by atoms with Crippen molar-refractivity contribution in [2.45, 2.75) is 51.7 Å². The van der Waals surface area contributed by atoms with E-state index >= 15 is 0 Å². The normalized spacial score (nSPS) is 23.5. The van der Waals surface area contributed by atoms with Crippen molar-refractivity contribution in [1.29, 1.82) is 0 Å². The Labute approximate surface area is 138 Å². The van der Waals surface area contributed by atoms with Crippen LogP contribution in [0.1, 0.15) is 48.5 Å². The third-order valence-electron chi connectivity index (χ3n) is 5.02. The Morgan fingerprint density at radius 3 is 2.87 bits per heavy atom. The van der Waals surface area contributed by atoms with Gasteiger partial charge in [0.25, 0.3) is 0 Å². The molecule has 1 aliphatic carbocycles. The van der Waals surface area contributed by atoms with Crippen LogP contribution in [0.4, 0.5) is 0 Å². The summed E-state index contributed by atoms with van der Waals surface area (Å²) in [5.41, 5.74) is 3.31. The molecule has 1 heterocycles. The quantitative estimate of drug-likeness (QED) is 0.876. The standard InChI is InChI=1S/C19H28N2O2/c1-13-5-6-14(2)17(10-13)18(22)12-21-9-3-4-15(11-21)19(23)20-16-7-8-16/h5-6,10,15-16,18,22H,3-4,7-9,11-12H2,1-2H3,(H,20,23)/t15-,18+/m1/s1. The Morgan fingerprint density at radius 2 is 2.13 bits per heavy atom. The molecule has 1 amide bonds. The lowest BCUT2D eigenvalue weighted by atomic mass is 9.95. The maximum Gasteiger partial charge on any atom is 0.224 e. The Hall–Kier alpha value is -1.39. The van der Waals surface area contributed by atoms with E-state index in [1.807, 2.05) is 6.92 Å². The lowest BCUT2D eigenvalue weighted by Gasteiger charge is -2.33. The number of amides is 1. The summed E-state index contributed by atoms with van der Waals surface area (Å²) in [6.45, 7) is 6.43. The van der Waals surface area contributed by atoms with Crippen molar-refractivity contribution in [1.82, 2.24) is 10.2 Å². The molecule has 2 N–H and O–H groups in total. The van der Waals surface area contributed by atoms with Crippen molar-refractivity contribution >= 4 is 5.91 Å². The zero-order valence-corrected chi connectivity index (χ0v) is 14.2. The van der Waals surface area contributed by atoms with Gasteiger partial charge in [0, 0.05) is 19.1 Å². The van der Waals surface area contributed by atoms with Crippen molar-refractivity contribution in [3.05, 3.63) is 34.9 Å². The summed E-state index contributed by atoms with van der Waals surface area (Å²) >= 11 is 0. The molecule has 2 fully saturated rings. The first kappa shape index (κ1) is 16.5. The van der Waals surface area contributed by atoms with Crippen LogP contribution in [0.3, 0.4) is 0 Å². The van der Waals surface area contributed by atoms with Gasteiger partial charge in [0.05, 0.1) is 12.0 Å². The Morgan fingerprint density at radius 1 is 1.35 bits per heavy atom. The van der Waals surface area contributed by atoms with Gasteiger partial charge in [0.2, 0.25) is 5.91 Å². The van der Waals surface area contributed by atoms with E-state index in [0.717, 1.165) is 49.9 Å². The van der Waals surface area contributed by atoms with E-state index < -0.39 is 6.10 Å². The van der Waals surface area contributed by atoms with Gasteiger partial charge in [-0.15, -0.1) is 0 Å². The minimum atomic E-state index is -0.486. The molecule has 0 unspecified atom stereocenters. The fourth-order valence-corrected chi connectivity index (χ4v) is 3.44. The topological polar surface area (TPSA) is 52.6 Å². The maximum absolute atomic E-state index is 12.2. The van der Waals surface area contributed by atoms with Crippen LogP contribution in [0, 0.1) is 19.8 Å². The molecule has 0 spiro atoms. The highest BCUT2D eigenvalue weighted by atomic mass is 16.3. The molecule has 1 aromatic carbocycles. The second-order valence-electron chi connectivity index (χ2n) is 7.26. The van der Waals surface area contributed by atoms with E-state index in [1.165, 1.54) is 5.56 Å². The number of hydrogen-bond acceptors (Lipinski definition) is 3. The van der Waals surface area contributed by atoms with Gasteiger partial charge >= 0.3 is 0 Å². The first-order valence-electron chi connectivity index (χ1n) is 8.81. The van der Waals surface area contributed by atoms with Crippen LogP contribution in [-0.2, 0) is 4.79 Å². The van der Waals surface area contributed by atoms with E-state index in [4.69, 9.17) is 0 Å². The molecule has 1 saturated carbocycles. The Bertz CT molecular complexity index is 568. The molecular weight excluding hydrogens is 288 g/mol. The highest BCUT2D eigenvalue weighted by Crippen LogP contribution is 2.25. The number of piperidine rings is 1. The van der Waals surface area contributed by atoms with E-state index in [1.54, 1.807) is 0 Å². The largest absolute Gasteiger partial charge is 0.387 e. The zero-order valence-electron chi connectivity index (χ0n) is 14.2. The summed E-state index contributed by atoms with van der Waals surface area (Å²) in [5, 5.41) is 13.7. The van der Waals surface area contributed by atoms with Gasteiger partial charge in [-0.2, -0.15) is 0 Å². The third-order valence-corrected chi connectivity index (χ3v) is 5.02. The highest BCUT2D eigenvalue weighted by molar-refractivity contribution is 5.79. The molecule has 23 heavy (non-hydrogen) atoms. The molecule has 3 rings (SSSR count). The predicted molar refractivity (Wildman–Crippen MR) is 91.2 cm³/mol. The predicted octanol–water partition coefficient (Wildman–Crippen LogP) is 2.33. The van der Waals surface area contributed by atoms with Crippen molar-refractivity contribution in [3.63, 3.8) is 0 Å². The molecule has 1 saturated heterocycles. The van der Waals surface area contributed by atoms with E-state index in [-0.39, 0.29) is 11.8 Å². The number of hydrogen-bond donors (Lipinski definition) is 2. The van der Waals surface area contributed by atoms with Crippen LogP contribution in [0.2, 0.25) is 0 Å². The number of likely N-dealkylation sites (tertiary alicyclic amines) is 1. The number of β-amino-alcohol motifs (C(OH)–C–C–N with tert-alkyl or cyclic N) is 1. The van der Waals surface area contributed by atoms with Gasteiger partial charge in [-0.3, -0.25) is 9.69 Å². The van der Waals surface area contributed by atoms with Crippen LogP contribution in [-0.4, -0.2) is 41.6 Å². The number of carbonyl (C=O) groups excluding carboxylic acids is 1. The summed E-state index contributed by atoms with van der Waals surface area (Å²) in [6.07, 6.45) is 3.78. The van der Waals surface area contributed by atoms with Gasteiger partial charge in [0.15, 0.2) is 0 Å². The Kier molecular flexibility index (Phi) is 5.02. The molecule has 0 radical (unpaired) electrons. The molecule has 2 atom stereocenters. The summed E-state index contributed by atoms with van der Waals surface area (Å²) in [7, 11) is 0. The fraction of sp³-hybridized carbons (Fsp3) is 0.632. The van der Waals surface area contributed by atoms with E-state index in [9.17, 15) is 9.90 Å². The van der Waals surface area contributed by atoms with Gasteiger partial charge in [-0.05, 0) is 57.2 Å². The SMILES string of the molecule is Cc1ccc(C)c([C@@H](O)CN2CCC[C@@H](C(=O)NC3CC3)C2)c1. The molecular formula is C19H28N2O2. The molecule has 1 aliphatic heterocycles. The third kappa shape index (κ3) is 4.33. The number of aliphatic hydroxyl groups excluding tert-OH is 1. The van der Waals surface area contributed by atoms with Gasteiger partial charge in [-0.25, -0.2) is 0 Å². The smallest absolute Gasteiger partial charge is 0.224 e. The number of carbonyl (C=O) groups is 1. The van der Waals surface area contributed by atoms with Crippen LogP contribution >= 0.6 is 0 Å². The highest BCUT2D eigenvalue weighted by Gasteiger charge is 2.31. The number of nitrogens with one attached hydrogen (secondary N) is 1. The molecule has 4 nitrogen and oxygen atoms in total. The van der Waals surface area contributed by atoms with Crippen molar-refractivity contribution in [2.75, 3.05) is 19.6 Å². The number of aliphatic hydroxyl groups is 1. The fourth-order valence-electron chi connectivity index (χ4n) is 3.44. The van der Waals surface area contributed by atoms with E-state index in [0.29, 0.717) is 12.6 Å². The second kappa shape index (κ2) is 7.02. The first-order chi connectivity index (χ1) is 11.0. The average molecular weight is 316 g/mol. The monoisotopic (exact) mass is 316 g/mol. The minimum Gasteiger partial charge on any atom is -0.387 e. The van der Waals surface area contributed by atoms with Gasteiger partial charge in [-0.1, -0.05) is 23.8 Å². The maximum atomic E-state index is 12.2. The van der Waals surface area contributed by atoms with Crippen molar-refractivity contribution in [2.24, 2.45) is 5.92 Å². The number of rotatable bonds is 5. The van der Waals surface area contributed by atoms with Crippen molar-refractivity contribution < 1.29 is 9.90 Å². The summed E-state index contributed by atoms with van der Waals surface area (Å²) < 4.78 is 0. The molecule has 4 heteroatoms. The summed E-state index contributed by atoms with van der Waals surface area (Å²) in [4.78, 5) is 14.5. The second-order valence-corrected chi connectivity index (χ2v) is 7.26. The van der Waals surface area contributed by atoms with Gasteiger partial charge in [0.1, 0.15) is 0 Å². The minimum absolute atomic E-state index is 0.0788. The molecule has 2 aliphatic rings. The number of aryl methyl sites for hydroxylation is 2. The number of nitrogens with zero attached hydrogens (tertiary/aromatic N) is 1. The molecule has 0 bridgehead atoms. The molecule has 0 aromatic heterocycles. The lowest BCUT2D eigenvalue weighted by Crippen LogP contribution is -2.44. The van der Waals surface area contributed by atoms with Crippen LogP contribution < -0.4 is 5.32 Å². The lowest BCUT2D eigenvalue weighted by molar-refractivity contribution is -0.127. The molecule has 126 valence electrons. The van der Waals surface area contributed by atoms with Crippen molar-refractivity contribution in [3.8, 4) is 0 Å². The van der Waals surface area contributed by atoms with E-state index in [2.05, 4.69) is 35.3 Å². The average Bonchev–Trinajstić information content (AvgIpc) is 3.34. The summed E-state index contributed by atoms with van der Waals surface area (Å²) in [5.74, 6) is 0.286. The molecule has 1 aromatic rings. The Balaban J connectivity index is 1.58. The van der Waals surface area contributed by atoms with Gasteiger partial charge < -0.3 is 10.4 Å². The first-order valence-corrected chi connectivity index (χ1v) is 8.81. The van der Waals surface area contributed by atoms with Crippen LogP contribution in [0.5, 0.6) is 0 Å².